The second kappa shape index (κ2) is 11.0. The van der Waals surface area contributed by atoms with Gasteiger partial charge in [0.15, 0.2) is 5.96 Å². The van der Waals surface area contributed by atoms with Crippen LogP contribution < -0.4 is 10.6 Å². The average Bonchev–Trinajstić information content (AvgIpc) is 2.62. The van der Waals surface area contributed by atoms with Crippen LogP contribution >= 0.6 is 0 Å². The maximum atomic E-state index is 12.2. The first-order valence-corrected chi connectivity index (χ1v) is 11.8. The van der Waals surface area contributed by atoms with E-state index in [9.17, 15) is 4.21 Å². The van der Waals surface area contributed by atoms with Crippen LogP contribution in [-0.2, 0) is 17.3 Å². The van der Waals surface area contributed by atoms with Gasteiger partial charge in [0.05, 0.1) is 6.54 Å². The summed E-state index contributed by atoms with van der Waals surface area (Å²) < 4.78 is 12.0. The Morgan fingerprint density at radius 1 is 1.29 bits per heavy atom. The van der Waals surface area contributed by atoms with Gasteiger partial charge in [-0.15, -0.1) is 0 Å². The molecule has 0 aromatic heterocycles. The normalized spacial score (nSPS) is 18.1. The molecule has 1 aromatic rings. The minimum Gasteiger partial charge on any atom is -0.357 e. The van der Waals surface area contributed by atoms with E-state index in [1.807, 2.05) is 20.8 Å². The van der Waals surface area contributed by atoms with Crippen LogP contribution in [-0.4, -0.2) is 57.8 Å². The van der Waals surface area contributed by atoms with Gasteiger partial charge in [0.25, 0.3) is 0 Å². The van der Waals surface area contributed by atoms with Crippen LogP contribution in [0.1, 0.15) is 51.7 Å². The lowest BCUT2D eigenvalue weighted by Crippen LogP contribution is -2.48. The summed E-state index contributed by atoms with van der Waals surface area (Å²) in [5, 5.41) is 6.90. The highest BCUT2D eigenvalue weighted by Crippen LogP contribution is 2.15. The number of aliphatic imine (C=N–C) groups is 1. The Morgan fingerprint density at radius 3 is 2.61 bits per heavy atom. The highest BCUT2D eigenvalue weighted by atomic mass is 32.2. The monoisotopic (exact) mass is 406 g/mol. The predicted molar refractivity (Wildman–Crippen MR) is 121 cm³/mol. The zero-order valence-corrected chi connectivity index (χ0v) is 19.1. The van der Waals surface area contributed by atoms with E-state index in [0.29, 0.717) is 18.3 Å². The number of hydrogen-bond acceptors (Lipinski definition) is 3. The molecule has 0 amide bonds. The molecule has 6 heteroatoms. The number of nitrogens with zero attached hydrogens (tertiary/aromatic N) is 2. The van der Waals surface area contributed by atoms with Crippen LogP contribution in [0.15, 0.2) is 29.3 Å². The average molecular weight is 407 g/mol. The van der Waals surface area contributed by atoms with Crippen LogP contribution in [0, 0.1) is 6.92 Å². The van der Waals surface area contributed by atoms with Gasteiger partial charge in [-0.1, -0.05) is 29.8 Å². The lowest BCUT2D eigenvalue weighted by molar-refractivity contribution is 0.198. The zero-order valence-electron chi connectivity index (χ0n) is 18.3. The summed E-state index contributed by atoms with van der Waals surface area (Å²) in [6.07, 6.45) is 2.23. The van der Waals surface area contributed by atoms with E-state index in [4.69, 9.17) is 0 Å². The molecule has 1 heterocycles. The first kappa shape index (κ1) is 22.9. The van der Waals surface area contributed by atoms with E-state index >= 15 is 0 Å². The van der Waals surface area contributed by atoms with Crippen molar-refractivity contribution >= 4 is 16.8 Å². The van der Waals surface area contributed by atoms with Gasteiger partial charge < -0.3 is 10.6 Å². The van der Waals surface area contributed by atoms with Crippen molar-refractivity contribution < 1.29 is 4.21 Å². The summed E-state index contributed by atoms with van der Waals surface area (Å²) in [4.78, 5) is 7.18. The maximum absolute atomic E-state index is 12.2. The Morgan fingerprint density at radius 2 is 2.00 bits per heavy atom. The molecule has 2 N–H and O–H groups in total. The first-order valence-electron chi connectivity index (χ1n) is 10.5. The lowest BCUT2D eigenvalue weighted by atomic mass is 10.0. The van der Waals surface area contributed by atoms with E-state index in [2.05, 4.69) is 58.6 Å². The van der Waals surface area contributed by atoms with Crippen molar-refractivity contribution in [2.75, 3.05) is 31.9 Å². The van der Waals surface area contributed by atoms with Crippen molar-refractivity contribution in [3.8, 4) is 0 Å². The van der Waals surface area contributed by atoms with Crippen molar-refractivity contribution in [2.45, 2.75) is 64.8 Å². The Bertz CT molecular complexity index is 661. The fourth-order valence-electron chi connectivity index (χ4n) is 3.36. The molecule has 5 nitrogen and oxygen atoms in total. The maximum Gasteiger partial charge on any atom is 0.191 e. The van der Waals surface area contributed by atoms with Crippen LogP contribution in [0.2, 0.25) is 0 Å². The van der Waals surface area contributed by atoms with Crippen molar-refractivity contribution in [2.24, 2.45) is 4.99 Å². The van der Waals surface area contributed by atoms with Crippen LogP contribution in [0.4, 0.5) is 0 Å². The quantitative estimate of drug-likeness (QED) is 0.540. The summed E-state index contributed by atoms with van der Waals surface area (Å²) in [5.41, 5.74) is 2.72. The molecule has 0 radical (unpaired) electrons. The molecule has 1 aliphatic rings. The van der Waals surface area contributed by atoms with Gasteiger partial charge in [0, 0.05) is 53.5 Å². The Balaban J connectivity index is 1.79. The molecule has 1 saturated heterocycles. The number of benzene rings is 1. The predicted octanol–water partition coefficient (Wildman–Crippen LogP) is 3.06. The molecule has 1 unspecified atom stereocenters. The van der Waals surface area contributed by atoms with Crippen molar-refractivity contribution in [3.63, 3.8) is 0 Å². The molecule has 1 atom stereocenters. The van der Waals surface area contributed by atoms with Crippen molar-refractivity contribution in [1.82, 2.24) is 15.5 Å². The number of likely N-dealkylation sites (tertiary alicyclic amines) is 1. The molecule has 1 aromatic carbocycles. The summed E-state index contributed by atoms with van der Waals surface area (Å²) >= 11 is 0. The van der Waals surface area contributed by atoms with Crippen LogP contribution in [0.3, 0.4) is 0 Å². The number of piperidine rings is 1. The standard InChI is InChI=1S/C22H38N4OS/c1-6-23-21(24-12-15-28(27)22(3,4)5)25-20-10-13-26(14-11-20)17-19-9-7-8-18(2)16-19/h7-9,16,20H,6,10-15,17H2,1-5H3,(H2,23,24,25). The van der Waals surface area contributed by atoms with E-state index in [1.165, 1.54) is 11.1 Å². The van der Waals surface area contributed by atoms with E-state index < -0.39 is 10.8 Å². The highest BCUT2D eigenvalue weighted by Gasteiger charge is 2.21. The molecule has 1 fully saturated rings. The van der Waals surface area contributed by atoms with Crippen LogP contribution in [0.5, 0.6) is 0 Å². The largest absolute Gasteiger partial charge is 0.357 e. The van der Waals surface area contributed by atoms with E-state index in [-0.39, 0.29) is 4.75 Å². The molecule has 0 spiro atoms. The van der Waals surface area contributed by atoms with Gasteiger partial charge in [-0.25, -0.2) is 0 Å². The minimum absolute atomic E-state index is 0.175. The molecule has 2 rings (SSSR count). The highest BCUT2D eigenvalue weighted by molar-refractivity contribution is 7.86. The van der Waals surface area contributed by atoms with Gasteiger partial charge in [-0.05, 0) is 53.0 Å². The van der Waals surface area contributed by atoms with Crippen LogP contribution in [0.25, 0.3) is 0 Å². The van der Waals surface area contributed by atoms with Crippen molar-refractivity contribution in [3.05, 3.63) is 35.4 Å². The Labute approximate surface area is 173 Å². The number of rotatable bonds is 7. The number of hydrogen-bond donors (Lipinski definition) is 2. The lowest BCUT2D eigenvalue weighted by Gasteiger charge is -2.33. The van der Waals surface area contributed by atoms with E-state index in [1.54, 1.807) is 0 Å². The van der Waals surface area contributed by atoms with Gasteiger partial charge in [-0.2, -0.15) is 0 Å². The third-order valence-corrected chi connectivity index (χ3v) is 6.91. The molecule has 158 valence electrons. The molecule has 28 heavy (non-hydrogen) atoms. The summed E-state index contributed by atoms with van der Waals surface area (Å²) in [7, 11) is -0.860. The topological polar surface area (TPSA) is 56.7 Å². The number of aryl methyl sites for hydroxylation is 1. The smallest absolute Gasteiger partial charge is 0.191 e. The summed E-state index contributed by atoms with van der Waals surface area (Å²) in [5.74, 6) is 1.46. The van der Waals surface area contributed by atoms with Crippen molar-refractivity contribution in [1.29, 1.82) is 0 Å². The molecular weight excluding hydrogens is 368 g/mol. The second-order valence-electron chi connectivity index (χ2n) is 8.61. The summed E-state index contributed by atoms with van der Waals surface area (Å²) in [6.45, 7) is 14.9. The Hall–Kier alpha value is -1.40. The fourth-order valence-corrected chi connectivity index (χ4v) is 4.23. The van der Waals surface area contributed by atoms with Gasteiger partial charge in [0.1, 0.15) is 0 Å². The second-order valence-corrected chi connectivity index (χ2v) is 10.9. The molecule has 0 saturated carbocycles. The third kappa shape index (κ3) is 7.92. The Kier molecular flexibility index (Phi) is 8.96. The molecule has 1 aliphatic heterocycles. The fraction of sp³-hybridized carbons (Fsp3) is 0.682. The molecule has 0 bridgehead atoms. The van der Waals surface area contributed by atoms with Gasteiger partial charge in [-0.3, -0.25) is 14.1 Å². The van der Waals surface area contributed by atoms with E-state index in [0.717, 1.165) is 45.0 Å². The SMILES string of the molecule is CCNC(=NCCS(=O)C(C)(C)C)NC1CCN(Cc2cccc(C)c2)CC1. The van der Waals surface area contributed by atoms with Gasteiger partial charge in [0.2, 0.25) is 0 Å². The third-order valence-electron chi connectivity index (χ3n) is 4.99. The number of guanidine groups is 1. The molecular formula is C22H38N4OS. The zero-order chi connectivity index (χ0) is 20.6. The van der Waals surface area contributed by atoms with Gasteiger partial charge >= 0.3 is 0 Å². The summed E-state index contributed by atoms with van der Waals surface area (Å²) in [6, 6.07) is 9.24. The number of nitrogens with one attached hydrogen (secondary N) is 2. The first-order chi connectivity index (χ1) is 13.3. The minimum atomic E-state index is -0.860. The molecule has 0 aliphatic carbocycles.